The molecule has 0 N–H and O–H groups in total. The van der Waals surface area contributed by atoms with Crippen molar-refractivity contribution in [2.45, 2.75) is 118 Å². The van der Waals surface area contributed by atoms with Crippen LogP contribution in [0.25, 0.3) is 0 Å². The molecule has 0 aromatic carbocycles. The zero-order chi connectivity index (χ0) is 19.2. The highest BCUT2D eigenvalue weighted by Crippen LogP contribution is 2.68. The molecule has 0 heteroatoms. The van der Waals surface area contributed by atoms with Crippen LogP contribution in [0.4, 0.5) is 0 Å². The Morgan fingerprint density at radius 3 is 2.33 bits per heavy atom. The fraction of sp³-hybridized carbons (Fsp3) is 1.00. The molecule has 4 fully saturated rings. The fourth-order valence-corrected chi connectivity index (χ4v) is 9.14. The molecule has 0 aliphatic heterocycles. The predicted octanol–water partition coefficient (Wildman–Crippen LogP) is 8.50. The van der Waals surface area contributed by atoms with Gasteiger partial charge in [0.25, 0.3) is 0 Å². The summed E-state index contributed by atoms with van der Waals surface area (Å²) in [6.45, 7) is 12.8. The first-order valence-electron chi connectivity index (χ1n) is 12.8. The van der Waals surface area contributed by atoms with Crippen LogP contribution in [0.5, 0.6) is 0 Å². The SMILES string of the molecule is CC(C)CCC[C@H](C)[C@H]1CC[C@@]2(C)[C@H]1CC[C@H]1[C@@H]3CCCC[C@@]3(C)CC[C@@H]12. The fourth-order valence-electron chi connectivity index (χ4n) is 9.14. The highest BCUT2D eigenvalue weighted by atomic mass is 14.6. The molecule has 4 saturated carbocycles. The zero-order valence-electron chi connectivity index (χ0n) is 19.2. The largest absolute Gasteiger partial charge is 0.0628 e. The van der Waals surface area contributed by atoms with Crippen LogP contribution in [-0.2, 0) is 0 Å². The van der Waals surface area contributed by atoms with Crippen LogP contribution in [0.3, 0.4) is 0 Å². The second kappa shape index (κ2) is 7.68. The second-order valence-electron chi connectivity index (χ2n) is 12.5. The van der Waals surface area contributed by atoms with Crippen molar-refractivity contribution in [2.75, 3.05) is 0 Å². The van der Waals surface area contributed by atoms with Gasteiger partial charge in [0.1, 0.15) is 0 Å². The lowest BCUT2D eigenvalue weighted by atomic mass is 9.45. The Labute approximate surface area is 170 Å². The first kappa shape index (κ1) is 20.3. The van der Waals surface area contributed by atoms with E-state index in [-0.39, 0.29) is 0 Å². The molecule has 4 aliphatic carbocycles. The van der Waals surface area contributed by atoms with Crippen molar-refractivity contribution >= 4 is 0 Å². The van der Waals surface area contributed by atoms with Gasteiger partial charge in [0.2, 0.25) is 0 Å². The Hall–Kier alpha value is 0. The monoisotopic (exact) mass is 372 g/mol. The van der Waals surface area contributed by atoms with Gasteiger partial charge in [-0.05, 0) is 104 Å². The van der Waals surface area contributed by atoms with Crippen molar-refractivity contribution in [1.82, 2.24) is 0 Å². The van der Waals surface area contributed by atoms with Crippen LogP contribution in [-0.4, -0.2) is 0 Å². The normalized spacial score (nSPS) is 48.0. The van der Waals surface area contributed by atoms with Gasteiger partial charge in [-0.2, -0.15) is 0 Å². The second-order valence-corrected chi connectivity index (χ2v) is 12.5. The molecule has 0 heterocycles. The average Bonchev–Trinajstić information content (AvgIpc) is 2.98. The summed E-state index contributed by atoms with van der Waals surface area (Å²) >= 11 is 0. The van der Waals surface area contributed by atoms with E-state index in [1.54, 1.807) is 44.9 Å². The molecule has 0 radical (unpaired) electrons. The summed E-state index contributed by atoms with van der Waals surface area (Å²) in [6.07, 6.45) is 19.9. The van der Waals surface area contributed by atoms with Gasteiger partial charge < -0.3 is 0 Å². The molecular weight excluding hydrogens is 324 g/mol. The Morgan fingerprint density at radius 2 is 1.56 bits per heavy atom. The molecule has 0 saturated heterocycles. The Balaban J connectivity index is 1.45. The Morgan fingerprint density at radius 1 is 0.741 bits per heavy atom. The van der Waals surface area contributed by atoms with Gasteiger partial charge in [0.15, 0.2) is 0 Å². The van der Waals surface area contributed by atoms with Gasteiger partial charge in [-0.1, -0.05) is 66.7 Å². The molecule has 8 atom stereocenters. The quantitative estimate of drug-likeness (QED) is 0.453. The van der Waals surface area contributed by atoms with E-state index in [1.807, 2.05) is 0 Å². The summed E-state index contributed by atoms with van der Waals surface area (Å²) in [5.41, 5.74) is 1.41. The van der Waals surface area contributed by atoms with Crippen molar-refractivity contribution in [3.05, 3.63) is 0 Å². The van der Waals surface area contributed by atoms with Crippen LogP contribution in [0, 0.1) is 52.3 Å². The molecule has 4 aliphatic rings. The van der Waals surface area contributed by atoms with E-state index in [2.05, 4.69) is 34.6 Å². The van der Waals surface area contributed by atoms with Crippen LogP contribution >= 0.6 is 0 Å². The minimum Gasteiger partial charge on any atom is -0.0628 e. The first-order chi connectivity index (χ1) is 12.8. The van der Waals surface area contributed by atoms with Crippen molar-refractivity contribution < 1.29 is 0 Å². The third kappa shape index (κ3) is 3.54. The van der Waals surface area contributed by atoms with E-state index in [4.69, 9.17) is 0 Å². The maximum Gasteiger partial charge on any atom is -0.0264 e. The maximum absolute atomic E-state index is 2.76. The van der Waals surface area contributed by atoms with E-state index < -0.39 is 0 Å². The van der Waals surface area contributed by atoms with Gasteiger partial charge >= 0.3 is 0 Å². The molecule has 27 heavy (non-hydrogen) atoms. The smallest absolute Gasteiger partial charge is 0.0264 e. The lowest BCUT2D eigenvalue weighted by molar-refractivity contribution is -0.108. The summed E-state index contributed by atoms with van der Waals surface area (Å²) in [5, 5.41) is 0. The van der Waals surface area contributed by atoms with Gasteiger partial charge in [0.05, 0.1) is 0 Å². The van der Waals surface area contributed by atoms with E-state index >= 15 is 0 Å². The van der Waals surface area contributed by atoms with E-state index in [9.17, 15) is 0 Å². The molecule has 0 amide bonds. The minimum absolute atomic E-state index is 0.693. The molecule has 0 nitrogen and oxygen atoms in total. The summed E-state index contributed by atoms with van der Waals surface area (Å²) in [6, 6.07) is 0. The lowest BCUT2D eigenvalue weighted by Gasteiger charge is -2.60. The predicted molar refractivity (Wildman–Crippen MR) is 118 cm³/mol. The van der Waals surface area contributed by atoms with E-state index in [1.165, 1.54) is 38.5 Å². The highest BCUT2D eigenvalue weighted by molar-refractivity contribution is 5.08. The molecular formula is C27H48. The maximum atomic E-state index is 2.76. The van der Waals surface area contributed by atoms with Gasteiger partial charge in [0, 0.05) is 0 Å². The van der Waals surface area contributed by atoms with Crippen molar-refractivity contribution in [3.8, 4) is 0 Å². The van der Waals surface area contributed by atoms with Gasteiger partial charge in [-0.3, -0.25) is 0 Å². The molecule has 0 spiro atoms. The van der Waals surface area contributed by atoms with Crippen LogP contribution in [0.1, 0.15) is 118 Å². The van der Waals surface area contributed by atoms with Gasteiger partial charge in [-0.25, -0.2) is 0 Å². The standard InChI is InChI=1S/C27H48/c1-19(2)9-8-10-20(3)21-14-18-27(5)24(21)13-12-22-23-11-6-7-16-26(23,4)17-15-25(22)27/h19-25H,6-18H2,1-5H3/t20-,21+,22-,23-,24-,25-,26-,27-/m0/s1. The minimum atomic E-state index is 0.693. The molecule has 0 aromatic rings. The highest BCUT2D eigenvalue weighted by Gasteiger charge is 2.59. The Kier molecular flexibility index (Phi) is 5.77. The number of fused-ring (bicyclic) bond motifs is 5. The molecule has 0 bridgehead atoms. The van der Waals surface area contributed by atoms with E-state index in [0.29, 0.717) is 10.8 Å². The lowest BCUT2D eigenvalue weighted by Crippen LogP contribution is -2.52. The summed E-state index contributed by atoms with van der Waals surface area (Å²) < 4.78 is 0. The van der Waals surface area contributed by atoms with Crippen LogP contribution < -0.4 is 0 Å². The average molecular weight is 373 g/mol. The molecule has 156 valence electrons. The van der Waals surface area contributed by atoms with E-state index in [0.717, 1.165) is 41.4 Å². The molecule has 0 aromatic heterocycles. The van der Waals surface area contributed by atoms with Crippen molar-refractivity contribution in [2.24, 2.45) is 52.3 Å². The summed E-state index contributed by atoms with van der Waals surface area (Å²) in [4.78, 5) is 0. The number of hydrogen-bond donors (Lipinski definition) is 0. The van der Waals surface area contributed by atoms with Gasteiger partial charge in [-0.15, -0.1) is 0 Å². The Bertz CT molecular complexity index is 506. The van der Waals surface area contributed by atoms with Crippen molar-refractivity contribution in [1.29, 1.82) is 0 Å². The van der Waals surface area contributed by atoms with Crippen molar-refractivity contribution in [3.63, 3.8) is 0 Å². The zero-order valence-corrected chi connectivity index (χ0v) is 19.2. The molecule has 0 unspecified atom stereocenters. The number of hydrogen-bond acceptors (Lipinski definition) is 0. The third-order valence-electron chi connectivity index (χ3n) is 10.7. The van der Waals surface area contributed by atoms with Crippen LogP contribution in [0.15, 0.2) is 0 Å². The number of rotatable bonds is 5. The molecule has 4 rings (SSSR count). The summed E-state index contributed by atoms with van der Waals surface area (Å²) in [7, 11) is 0. The summed E-state index contributed by atoms with van der Waals surface area (Å²) in [5.74, 6) is 7.18. The first-order valence-corrected chi connectivity index (χ1v) is 12.8. The topological polar surface area (TPSA) is 0 Å². The third-order valence-corrected chi connectivity index (χ3v) is 10.7. The van der Waals surface area contributed by atoms with Crippen LogP contribution in [0.2, 0.25) is 0 Å².